The number of alkyl halides is 4. The molecule has 23 nitrogen and oxygen atoms in total. The van der Waals surface area contributed by atoms with Gasteiger partial charge < -0.3 is 58.3 Å². The van der Waals surface area contributed by atoms with Gasteiger partial charge in [-0.05, 0) is 128 Å². The van der Waals surface area contributed by atoms with Crippen LogP contribution >= 0.6 is 31.9 Å². The van der Waals surface area contributed by atoms with Crippen molar-refractivity contribution in [3.8, 4) is 34.9 Å². The summed E-state index contributed by atoms with van der Waals surface area (Å²) in [6.45, 7) is 9.61. The number of aromatic nitrogens is 6. The second kappa shape index (κ2) is 38.5. The average molecular weight is 1400 g/mol. The first kappa shape index (κ1) is 76.9. The standard InChI is InChI=1S/C29H36FN7O3.C25H30FN7O2.C4H8Br2O.CH2O3.2K.H/c1-29(2,39)27(30)18-33-28(38)23-17-32-25(26-7-6-22-12-19(15-31)16-34-37(22)26)14-24(23)35-20-4-3-5-21(13-20)36-8-10-40-11-9-36;1-25(2,35)23(26)14-30-24(34)19-13-29-21(10-20(19)32-17-5-3-4-16(28)9-17)22-7-6-18-8-15(11-27)12-31-33(18)22;5-1-3-7-4-2-6;2-1-4-3;;;/h6-7,12,14,16-17,20-21,27,39H,3-5,8-11,13,18H2,1-2H3,(H,32,35)(H,33,38);6-8,10,12-13,16-17,23,35H,3-5,9,14,28H2,1-2H3,(H,29,32)(H,30,34);1-4H2;1,3H;;;/q;;;;2*+1;-1/p-1/t20-,21+,27+;16-,17+,23-;;;;;/m01...../s1. The van der Waals surface area contributed by atoms with Crippen LogP contribution < -0.4 is 135 Å². The molecule has 9 rings (SSSR count). The number of halogens is 4. The summed E-state index contributed by atoms with van der Waals surface area (Å²) in [5.41, 5.74) is 9.81. The molecule has 6 aromatic heterocycles. The molecule has 0 bridgehead atoms. The number of pyridine rings is 2. The summed E-state index contributed by atoms with van der Waals surface area (Å²) < 4.78 is 42.6. The van der Waals surface area contributed by atoms with Crippen LogP contribution in [0.2, 0.25) is 0 Å². The van der Waals surface area contributed by atoms with E-state index in [2.05, 4.69) is 95.2 Å². The van der Waals surface area contributed by atoms with Crippen molar-refractivity contribution in [3.63, 3.8) is 0 Å². The Morgan fingerprint density at radius 1 is 0.773 bits per heavy atom. The maximum absolute atomic E-state index is 14.4. The van der Waals surface area contributed by atoms with Crippen LogP contribution in [0.1, 0.15) is 112 Å². The smallest absolute Gasteiger partial charge is 1.00 e. The molecule has 88 heavy (non-hydrogen) atoms. The molecule has 3 fully saturated rings. The maximum atomic E-state index is 14.4. The largest absolute Gasteiger partial charge is 1.00 e. The van der Waals surface area contributed by atoms with E-state index in [4.69, 9.17) is 30.5 Å². The van der Waals surface area contributed by atoms with Gasteiger partial charge in [-0.2, -0.15) is 20.7 Å². The number of morpholine rings is 1. The van der Waals surface area contributed by atoms with Gasteiger partial charge in [-0.25, -0.2) is 17.8 Å². The van der Waals surface area contributed by atoms with Crippen LogP contribution in [0.3, 0.4) is 0 Å². The van der Waals surface area contributed by atoms with Crippen molar-refractivity contribution in [2.45, 2.75) is 127 Å². The number of nitrogens with two attached hydrogens (primary N) is 1. The van der Waals surface area contributed by atoms with Gasteiger partial charge in [0.05, 0.1) is 131 Å². The molecule has 1 saturated heterocycles. The number of nitrogens with zero attached hydrogens (tertiary/aromatic N) is 9. The van der Waals surface area contributed by atoms with Gasteiger partial charge >= 0.3 is 103 Å². The Morgan fingerprint density at radius 2 is 1.22 bits per heavy atom. The average Bonchev–Trinajstić information content (AvgIpc) is 4.34. The molecule has 0 unspecified atom stereocenters. The summed E-state index contributed by atoms with van der Waals surface area (Å²) in [5.74, 6) is -0.957. The van der Waals surface area contributed by atoms with Crippen molar-refractivity contribution in [1.82, 2.24) is 44.7 Å². The fraction of sp³-hybridized carbons (Fsp3) is 0.508. The minimum atomic E-state index is -1.62. The molecular weight excluding hydrogens is 1320 g/mol. The van der Waals surface area contributed by atoms with Gasteiger partial charge in [0.2, 0.25) is 0 Å². The summed E-state index contributed by atoms with van der Waals surface area (Å²) in [5, 5.41) is 69.4. The predicted octanol–water partition coefficient (Wildman–Crippen LogP) is 0.299. The number of nitrogens with one attached hydrogen (secondary N) is 4. The molecule has 2 amide bonds. The topological polar surface area (TPSA) is 328 Å². The first-order chi connectivity index (χ1) is 41.2. The molecule has 0 spiro atoms. The van der Waals surface area contributed by atoms with Gasteiger partial charge in [0.15, 0.2) is 0 Å². The molecule has 0 aromatic carbocycles. The first-order valence-electron chi connectivity index (χ1n) is 28.3. The maximum Gasteiger partial charge on any atom is 1.00 e. The van der Waals surface area contributed by atoms with Gasteiger partial charge in [-0.15, -0.1) is 0 Å². The summed E-state index contributed by atoms with van der Waals surface area (Å²) in [4.78, 5) is 49.0. The molecular formula is C59H76Br2F2K2N14O9. The Kier molecular flexibility index (Phi) is 33.6. The third kappa shape index (κ3) is 23.2. The number of carbonyl (C=O) groups is 3. The molecule has 466 valence electrons. The van der Waals surface area contributed by atoms with Crippen LogP contribution in [-0.4, -0.2) is 174 Å². The Labute approximate surface area is 614 Å². The van der Waals surface area contributed by atoms with E-state index in [1.807, 2.05) is 30.3 Å². The van der Waals surface area contributed by atoms with E-state index in [1.165, 1.54) is 52.5 Å². The van der Waals surface area contributed by atoms with Crippen LogP contribution in [0.5, 0.6) is 0 Å². The van der Waals surface area contributed by atoms with Crippen LogP contribution in [-0.2, 0) is 19.2 Å². The van der Waals surface area contributed by atoms with Gasteiger partial charge in [0.1, 0.15) is 24.5 Å². The van der Waals surface area contributed by atoms with E-state index in [9.17, 15) is 33.8 Å². The number of hydrogen-bond acceptors (Lipinski definition) is 19. The molecule has 1 aliphatic heterocycles. The van der Waals surface area contributed by atoms with Gasteiger partial charge in [0.25, 0.3) is 18.3 Å². The predicted molar refractivity (Wildman–Crippen MR) is 326 cm³/mol. The number of fused-ring (bicyclic) bond motifs is 2. The number of ether oxygens (including phenoxy) is 2. The molecule has 6 aromatic rings. The minimum Gasteiger partial charge on any atom is -1.00 e. The Balaban J connectivity index is 0.000000389. The van der Waals surface area contributed by atoms with E-state index in [1.54, 1.807) is 27.2 Å². The third-order valence-electron chi connectivity index (χ3n) is 14.6. The molecule has 2 aliphatic carbocycles. The fourth-order valence-electron chi connectivity index (χ4n) is 9.93. The summed E-state index contributed by atoms with van der Waals surface area (Å²) in [6.07, 6.45) is 10.5. The molecule has 0 radical (unpaired) electrons. The van der Waals surface area contributed by atoms with Crippen LogP contribution in [0.15, 0.2) is 73.3 Å². The minimum absolute atomic E-state index is 0. The van der Waals surface area contributed by atoms with Crippen LogP contribution in [0.4, 0.5) is 20.2 Å². The molecule has 3 aliphatic rings. The number of carbonyl (C=O) groups excluding carboxylic acids is 3. The quantitative estimate of drug-likeness (QED) is 0.0135. The Morgan fingerprint density at radius 3 is 1.62 bits per heavy atom. The zero-order valence-corrected chi connectivity index (χ0v) is 60.0. The molecule has 6 atom stereocenters. The van der Waals surface area contributed by atoms with Crippen LogP contribution in [0, 0.1) is 22.7 Å². The van der Waals surface area contributed by atoms with Gasteiger partial charge in [-0.1, -0.05) is 31.9 Å². The van der Waals surface area contributed by atoms with E-state index in [-0.39, 0.29) is 147 Å². The number of nitriles is 2. The van der Waals surface area contributed by atoms with E-state index < -0.39 is 35.4 Å². The van der Waals surface area contributed by atoms with Gasteiger partial charge in [-0.3, -0.25) is 29.3 Å². The van der Waals surface area contributed by atoms with Crippen molar-refractivity contribution in [2.24, 2.45) is 5.73 Å². The molecule has 8 N–H and O–H groups in total. The van der Waals surface area contributed by atoms with Crippen LogP contribution in [0.25, 0.3) is 33.8 Å². The van der Waals surface area contributed by atoms with Gasteiger partial charge in [0, 0.05) is 60.3 Å². The SMILES string of the molecule is BrCCOCCBr.CC(C)(O)[C@H](F)CNC(=O)c1cnc(-c2ccc3cc(C#N)cnn23)cc1N[C@H]1CCC[C@@H](N)C1.CC(C)(O)[C@H](F)CNC(=O)c1cnc(-c2ccc3cc(C#N)cnn23)cc1N[C@H]1CCC[C@@H](N2CCOCC2)C1.O=CO[O-].[H-].[K+].[K+]. The Bertz CT molecular complexity index is 3270. The second-order valence-electron chi connectivity index (χ2n) is 22.0. The van der Waals surface area contributed by atoms with E-state index >= 15 is 0 Å². The number of hydrogen-bond donors (Lipinski definition) is 7. The number of aliphatic hydroxyl groups is 2. The zero-order valence-electron chi connectivity index (χ0n) is 51.6. The number of amides is 2. The first-order valence-corrected chi connectivity index (χ1v) is 30.5. The molecule has 29 heteroatoms. The molecule has 2 saturated carbocycles. The fourth-order valence-corrected chi connectivity index (χ4v) is 10.4. The summed E-state index contributed by atoms with van der Waals surface area (Å²) in [7, 11) is 0. The number of rotatable bonds is 20. The molecule has 7 heterocycles. The van der Waals surface area contributed by atoms with E-state index in [0.717, 1.165) is 118 Å². The monoisotopic (exact) mass is 1400 g/mol. The van der Waals surface area contributed by atoms with Crippen molar-refractivity contribution in [1.29, 1.82) is 10.5 Å². The zero-order chi connectivity index (χ0) is 62.4. The van der Waals surface area contributed by atoms with Crippen molar-refractivity contribution < 1.29 is 157 Å². The Hall–Kier alpha value is -3.52. The van der Waals surface area contributed by atoms with Crippen molar-refractivity contribution in [3.05, 3.63) is 95.6 Å². The second-order valence-corrected chi connectivity index (χ2v) is 23.6. The summed E-state index contributed by atoms with van der Waals surface area (Å²) in [6, 6.07) is 19.5. The number of anilines is 2. The normalized spacial score (nSPS) is 18.2. The third-order valence-corrected chi connectivity index (χ3v) is 15.3. The van der Waals surface area contributed by atoms with Crippen molar-refractivity contribution >= 4 is 72.6 Å². The van der Waals surface area contributed by atoms with Crippen molar-refractivity contribution in [2.75, 3.05) is 73.9 Å². The van der Waals surface area contributed by atoms with E-state index in [0.29, 0.717) is 51.2 Å². The summed E-state index contributed by atoms with van der Waals surface area (Å²) >= 11 is 6.48.